The average Bonchev–Trinajstić information content (AvgIpc) is 2.50. The molecule has 7 nitrogen and oxygen atoms in total. The summed E-state index contributed by atoms with van der Waals surface area (Å²) in [4.78, 5) is 34.2. The Balaban J connectivity index is 2.81. The van der Waals surface area contributed by atoms with Crippen molar-refractivity contribution >= 4 is 17.8 Å². The average molecular weight is 334 g/mol. The number of nitrogens with one attached hydrogen (secondary N) is 2. The van der Waals surface area contributed by atoms with E-state index in [2.05, 4.69) is 10.6 Å². The van der Waals surface area contributed by atoms with Crippen LogP contribution < -0.4 is 20.8 Å². The predicted octanol–water partition coefficient (Wildman–Crippen LogP) is -1.78. The van der Waals surface area contributed by atoms with E-state index in [1.54, 1.807) is 24.3 Å². The Kier molecular flexibility index (Phi) is 7.91. The van der Waals surface area contributed by atoms with Crippen molar-refractivity contribution in [3.63, 3.8) is 0 Å². The molecule has 0 fully saturated rings. The highest BCUT2D eigenvalue weighted by atomic mass is 16.4. The maximum absolute atomic E-state index is 12.4. The van der Waals surface area contributed by atoms with Gasteiger partial charge in [-0.3, -0.25) is 4.79 Å². The summed E-state index contributed by atoms with van der Waals surface area (Å²) in [6.07, 6.45) is 0.452. The van der Waals surface area contributed by atoms with E-state index < -0.39 is 36.5 Å². The fourth-order valence-corrected chi connectivity index (χ4v) is 2.27. The number of hydrogen-bond acceptors (Lipinski definition) is 6. The van der Waals surface area contributed by atoms with Crippen molar-refractivity contribution in [3.8, 4) is 0 Å². The minimum Gasteiger partial charge on any atom is -0.549 e. The van der Waals surface area contributed by atoms with Crippen LogP contribution in [0.4, 0.5) is 0 Å². The van der Waals surface area contributed by atoms with Crippen molar-refractivity contribution in [2.75, 3.05) is 6.54 Å². The second-order valence-electron chi connectivity index (χ2n) is 6.00. The molecule has 0 aromatic heterocycles. The van der Waals surface area contributed by atoms with E-state index in [1.807, 2.05) is 19.9 Å². The molecule has 0 saturated heterocycles. The molecule has 2 unspecified atom stereocenters. The first-order valence-electron chi connectivity index (χ1n) is 7.78. The smallest absolute Gasteiger partial charge is 0.238 e. The molecular weight excluding hydrogens is 312 g/mol. The maximum Gasteiger partial charge on any atom is 0.238 e. The third kappa shape index (κ3) is 7.23. The molecule has 2 atom stereocenters. The lowest BCUT2D eigenvalue weighted by Crippen LogP contribution is -2.55. The van der Waals surface area contributed by atoms with Gasteiger partial charge < -0.3 is 30.4 Å². The third-order valence-electron chi connectivity index (χ3n) is 3.40. The van der Waals surface area contributed by atoms with Crippen molar-refractivity contribution in [1.82, 2.24) is 10.6 Å². The van der Waals surface area contributed by atoms with Crippen LogP contribution in [0.2, 0.25) is 0 Å². The molecule has 0 saturated carbocycles. The molecule has 0 aliphatic carbocycles. The van der Waals surface area contributed by atoms with E-state index in [0.29, 0.717) is 0 Å². The Morgan fingerprint density at radius 3 is 2.17 bits per heavy atom. The van der Waals surface area contributed by atoms with Crippen LogP contribution in [0.1, 0.15) is 25.8 Å². The normalized spacial score (nSPS) is 13.3. The Labute approximate surface area is 141 Å². The van der Waals surface area contributed by atoms with Gasteiger partial charge in [0.1, 0.15) is 0 Å². The minimum atomic E-state index is -1.37. The van der Waals surface area contributed by atoms with Crippen molar-refractivity contribution < 1.29 is 24.6 Å². The van der Waals surface area contributed by atoms with E-state index in [1.165, 1.54) is 0 Å². The number of amides is 1. The second kappa shape index (κ2) is 9.67. The quantitative estimate of drug-likeness (QED) is 0.522. The molecule has 0 aliphatic rings. The number of benzene rings is 1. The van der Waals surface area contributed by atoms with E-state index in [9.17, 15) is 24.6 Å². The van der Waals surface area contributed by atoms with Crippen molar-refractivity contribution in [2.24, 2.45) is 5.92 Å². The summed E-state index contributed by atoms with van der Waals surface area (Å²) in [7, 11) is 0. The summed E-state index contributed by atoms with van der Waals surface area (Å²) < 4.78 is 0. The predicted molar refractivity (Wildman–Crippen MR) is 83.3 cm³/mol. The summed E-state index contributed by atoms with van der Waals surface area (Å²) in [5.74, 6) is -3.25. The molecule has 1 aromatic rings. The van der Waals surface area contributed by atoms with Gasteiger partial charge in [0.25, 0.3) is 0 Å². The third-order valence-corrected chi connectivity index (χ3v) is 3.40. The summed E-state index contributed by atoms with van der Waals surface area (Å²) in [5.41, 5.74) is 0.817. The van der Waals surface area contributed by atoms with Gasteiger partial charge in [0, 0.05) is 6.54 Å². The molecule has 0 spiro atoms. The first kappa shape index (κ1) is 19.6. The highest BCUT2D eigenvalue weighted by Crippen LogP contribution is 2.07. The molecular formula is C17H22N2O5-2. The van der Waals surface area contributed by atoms with Gasteiger partial charge in [-0.25, -0.2) is 0 Å². The molecule has 0 aliphatic heterocycles. The van der Waals surface area contributed by atoms with Crippen LogP contribution in [-0.4, -0.2) is 36.5 Å². The lowest BCUT2D eigenvalue weighted by molar-refractivity contribution is -0.309. The van der Waals surface area contributed by atoms with Gasteiger partial charge in [-0.05, 0) is 24.3 Å². The van der Waals surface area contributed by atoms with Crippen LogP contribution in [0.3, 0.4) is 0 Å². The first-order chi connectivity index (χ1) is 11.3. The molecule has 0 heterocycles. The molecule has 0 radical (unpaired) electrons. The molecule has 24 heavy (non-hydrogen) atoms. The Bertz CT molecular complexity index is 559. The van der Waals surface area contributed by atoms with E-state index in [4.69, 9.17) is 0 Å². The largest absolute Gasteiger partial charge is 0.549 e. The van der Waals surface area contributed by atoms with Crippen molar-refractivity contribution in [3.05, 3.63) is 35.9 Å². The maximum atomic E-state index is 12.4. The second-order valence-corrected chi connectivity index (χ2v) is 6.00. The highest BCUT2D eigenvalue weighted by molar-refractivity contribution is 5.87. The highest BCUT2D eigenvalue weighted by Gasteiger charge is 2.22. The Morgan fingerprint density at radius 1 is 1.04 bits per heavy atom. The molecule has 1 aromatic carbocycles. The molecule has 2 N–H and O–H groups in total. The van der Waals surface area contributed by atoms with Crippen LogP contribution >= 0.6 is 0 Å². The number of carboxylic acids is 2. The molecule has 132 valence electrons. The Hall–Kier alpha value is -2.41. The van der Waals surface area contributed by atoms with Gasteiger partial charge in [-0.2, -0.15) is 0 Å². The van der Waals surface area contributed by atoms with E-state index in [0.717, 1.165) is 5.56 Å². The zero-order chi connectivity index (χ0) is 18.1. The van der Waals surface area contributed by atoms with E-state index >= 15 is 0 Å². The van der Waals surface area contributed by atoms with Gasteiger partial charge in [0.15, 0.2) is 0 Å². The number of hydrogen-bond donors (Lipinski definition) is 2. The van der Waals surface area contributed by atoms with Crippen LogP contribution in [0.25, 0.3) is 0 Å². The van der Waals surface area contributed by atoms with Crippen LogP contribution in [0.5, 0.6) is 0 Å². The fourth-order valence-electron chi connectivity index (χ4n) is 2.27. The summed E-state index contributed by atoms with van der Waals surface area (Å²) in [5, 5.41) is 26.8. The van der Waals surface area contributed by atoms with Gasteiger partial charge in [-0.15, -0.1) is 0 Å². The van der Waals surface area contributed by atoms with Gasteiger partial charge in [-0.1, -0.05) is 44.2 Å². The first-order valence-corrected chi connectivity index (χ1v) is 7.78. The molecule has 7 heteroatoms. The number of carbonyl (C=O) groups excluding carboxylic acids is 3. The number of carboxylic acid groups (broad SMARTS) is 2. The van der Waals surface area contributed by atoms with Crippen LogP contribution in [0.15, 0.2) is 30.3 Å². The molecule has 0 bridgehead atoms. The molecule has 1 rings (SSSR count). The molecule has 1 amide bonds. The van der Waals surface area contributed by atoms with Crippen molar-refractivity contribution in [1.29, 1.82) is 0 Å². The van der Waals surface area contributed by atoms with Gasteiger partial charge >= 0.3 is 0 Å². The number of carbonyl (C=O) groups is 3. The number of rotatable bonds is 10. The minimum absolute atomic E-state index is 0.0527. The van der Waals surface area contributed by atoms with Crippen LogP contribution in [0, 0.1) is 5.92 Å². The summed E-state index contributed by atoms with van der Waals surface area (Å²) >= 11 is 0. The summed E-state index contributed by atoms with van der Waals surface area (Å²) in [6.45, 7) is 3.15. The van der Waals surface area contributed by atoms with Crippen molar-refractivity contribution in [2.45, 2.75) is 38.8 Å². The van der Waals surface area contributed by atoms with Gasteiger partial charge in [0.2, 0.25) is 5.91 Å². The van der Waals surface area contributed by atoms with Gasteiger partial charge in [0.05, 0.1) is 24.0 Å². The topological polar surface area (TPSA) is 121 Å². The van der Waals surface area contributed by atoms with Crippen LogP contribution in [-0.2, 0) is 20.8 Å². The van der Waals surface area contributed by atoms with E-state index in [-0.39, 0.29) is 18.8 Å². The number of aliphatic carboxylic acids is 2. The zero-order valence-electron chi connectivity index (χ0n) is 13.8. The zero-order valence-corrected chi connectivity index (χ0v) is 13.8. The lowest BCUT2D eigenvalue weighted by Gasteiger charge is -2.25. The summed E-state index contributed by atoms with van der Waals surface area (Å²) in [6, 6.07) is 7.00. The fraction of sp³-hybridized carbons (Fsp3) is 0.471. The standard InChI is InChI=1S/C17H24N2O5/c1-11(2)8-14(17(23)24)19-16(22)13(18-10-15(20)21)9-12-6-4-3-5-7-12/h3-7,11,13-14,18H,8-10H2,1-2H3,(H,19,22)(H,20,21)(H,23,24)/p-2. The SMILES string of the molecule is CC(C)CC(NC(=O)C(Cc1ccccc1)NCC(=O)[O-])C(=O)[O-]. The Morgan fingerprint density at radius 2 is 1.67 bits per heavy atom. The monoisotopic (exact) mass is 334 g/mol. The lowest BCUT2D eigenvalue weighted by atomic mass is 10.0.